The lowest BCUT2D eigenvalue weighted by atomic mass is 10.3. The van der Waals surface area contributed by atoms with Crippen molar-refractivity contribution in [3.63, 3.8) is 0 Å². The Labute approximate surface area is 92.0 Å². The van der Waals surface area contributed by atoms with Crippen molar-refractivity contribution >= 4 is 5.84 Å². The third-order valence-corrected chi connectivity index (χ3v) is 2.06. The fourth-order valence-corrected chi connectivity index (χ4v) is 1.29. The highest BCUT2D eigenvalue weighted by atomic mass is 16.4. The van der Waals surface area contributed by atoms with Crippen LogP contribution in [0.4, 0.5) is 0 Å². The fourth-order valence-electron chi connectivity index (χ4n) is 1.29. The van der Waals surface area contributed by atoms with Crippen molar-refractivity contribution in [2.24, 2.45) is 10.9 Å². The zero-order valence-corrected chi connectivity index (χ0v) is 8.70. The van der Waals surface area contributed by atoms with Crippen LogP contribution < -0.4 is 5.73 Å². The smallest absolute Gasteiger partial charge is 0.188 e. The SMILES string of the molecule is Cc1ccn(-c2cccc(C(N)=NO)n2)n1. The Balaban J connectivity index is 2.43. The van der Waals surface area contributed by atoms with E-state index in [1.165, 1.54) is 0 Å². The normalized spacial score (nSPS) is 11.7. The quantitative estimate of drug-likeness (QED) is 0.335. The first-order valence-electron chi connectivity index (χ1n) is 4.68. The van der Waals surface area contributed by atoms with Crippen LogP contribution in [-0.2, 0) is 0 Å². The maximum absolute atomic E-state index is 8.55. The molecule has 6 nitrogen and oxygen atoms in total. The van der Waals surface area contributed by atoms with Gasteiger partial charge >= 0.3 is 0 Å². The monoisotopic (exact) mass is 217 g/mol. The van der Waals surface area contributed by atoms with Crippen molar-refractivity contribution in [1.29, 1.82) is 0 Å². The second-order valence-electron chi connectivity index (χ2n) is 3.27. The average Bonchev–Trinajstić information content (AvgIpc) is 2.75. The Morgan fingerprint density at radius 3 is 2.88 bits per heavy atom. The maximum Gasteiger partial charge on any atom is 0.188 e. The summed E-state index contributed by atoms with van der Waals surface area (Å²) in [7, 11) is 0. The van der Waals surface area contributed by atoms with Crippen LogP contribution in [0.1, 0.15) is 11.4 Å². The topological polar surface area (TPSA) is 89.3 Å². The van der Waals surface area contributed by atoms with E-state index in [0.717, 1.165) is 5.69 Å². The first-order valence-corrected chi connectivity index (χ1v) is 4.68. The molecule has 0 saturated heterocycles. The van der Waals surface area contributed by atoms with Crippen LogP contribution in [0.3, 0.4) is 0 Å². The van der Waals surface area contributed by atoms with E-state index in [1.54, 1.807) is 29.1 Å². The summed E-state index contributed by atoms with van der Waals surface area (Å²) in [5.41, 5.74) is 6.76. The molecule has 82 valence electrons. The van der Waals surface area contributed by atoms with Gasteiger partial charge in [0.25, 0.3) is 0 Å². The minimum absolute atomic E-state index is 0.0225. The number of hydrogen-bond donors (Lipinski definition) is 2. The highest BCUT2D eigenvalue weighted by molar-refractivity contribution is 5.95. The number of nitrogens with two attached hydrogens (primary N) is 1. The zero-order valence-electron chi connectivity index (χ0n) is 8.70. The molecule has 16 heavy (non-hydrogen) atoms. The number of rotatable bonds is 2. The van der Waals surface area contributed by atoms with Gasteiger partial charge in [0.15, 0.2) is 11.7 Å². The molecule has 2 rings (SSSR count). The van der Waals surface area contributed by atoms with Gasteiger partial charge in [0.1, 0.15) is 5.69 Å². The van der Waals surface area contributed by atoms with Crippen LogP contribution in [0.5, 0.6) is 0 Å². The number of amidine groups is 1. The van der Waals surface area contributed by atoms with Crippen LogP contribution in [0, 0.1) is 6.92 Å². The summed E-state index contributed by atoms with van der Waals surface area (Å²) in [6.07, 6.45) is 1.80. The lowest BCUT2D eigenvalue weighted by Gasteiger charge is -2.02. The molecule has 2 heterocycles. The van der Waals surface area contributed by atoms with Crippen molar-refractivity contribution in [3.8, 4) is 5.82 Å². The molecular formula is C10H11N5O. The number of aromatic nitrogens is 3. The molecule has 0 amide bonds. The van der Waals surface area contributed by atoms with Gasteiger partial charge in [0.2, 0.25) is 0 Å². The molecule has 6 heteroatoms. The third kappa shape index (κ3) is 1.85. The van der Waals surface area contributed by atoms with Gasteiger partial charge in [-0.3, -0.25) is 0 Å². The summed E-state index contributed by atoms with van der Waals surface area (Å²) >= 11 is 0. The highest BCUT2D eigenvalue weighted by Gasteiger charge is 2.04. The van der Waals surface area contributed by atoms with E-state index < -0.39 is 0 Å². The summed E-state index contributed by atoms with van der Waals surface area (Å²) in [6.45, 7) is 1.89. The van der Waals surface area contributed by atoms with Crippen LogP contribution in [0.25, 0.3) is 5.82 Å². The lowest BCUT2D eigenvalue weighted by Crippen LogP contribution is -2.16. The van der Waals surface area contributed by atoms with E-state index >= 15 is 0 Å². The van der Waals surface area contributed by atoms with Crippen LogP contribution in [0.15, 0.2) is 35.6 Å². The molecule has 0 aliphatic heterocycles. The number of pyridine rings is 1. The minimum atomic E-state index is -0.0225. The van der Waals surface area contributed by atoms with E-state index in [2.05, 4.69) is 15.2 Å². The van der Waals surface area contributed by atoms with Crippen molar-refractivity contribution in [2.45, 2.75) is 6.92 Å². The minimum Gasteiger partial charge on any atom is -0.409 e. The molecule has 0 aliphatic carbocycles. The molecule has 0 aromatic carbocycles. The van der Waals surface area contributed by atoms with E-state index in [-0.39, 0.29) is 5.84 Å². The molecule has 2 aromatic rings. The second kappa shape index (κ2) is 4.01. The fraction of sp³-hybridized carbons (Fsp3) is 0.100. The molecule has 2 aromatic heterocycles. The van der Waals surface area contributed by atoms with E-state index in [1.807, 2.05) is 13.0 Å². The van der Waals surface area contributed by atoms with Gasteiger partial charge < -0.3 is 10.9 Å². The predicted molar refractivity (Wildman–Crippen MR) is 58.6 cm³/mol. The molecule has 0 atom stereocenters. The van der Waals surface area contributed by atoms with Crippen molar-refractivity contribution < 1.29 is 5.21 Å². The average molecular weight is 217 g/mol. The van der Waals surface area contributed by atoms with Gasteiger partial charge in [0.05, 0.1) is 5.69 Å². The van der Waals surface area contributed by atoms with Gasteiger partial charge in [-0.1, -0.05) is 11.2 Å². The molecule has 0 aliphatic rings. The van der Waals surface area contributed by atoms with Crippen molar-refractivity contribution in [2.75, 3.05) is 0 Å². The van der Waals surface area contributed by atoms with Crippen LogP contribution in [-0.4, -0.2) is 25.8 Å². The van der Waals surface area contributed by atoms with Gasteiger partial charge in [-0.05, 0) is 25.1 Å². The summed E-state index contributed by atoms with van der Waals surface area (Å²) in [5, 5.41) is 15.7. The first-order chi connectivity index (χ1) is 7.70. The lowest BCUT2D eigenvalue weighted by molar-refractivity contribution is 0.318. The number of oxime groups is 1. The van der Waals surface area contributed by atoms with Gasteiger partial charge in [-0.2, -0.15) is 5.10 Å². The van der Waals surface area contributed by atoms with Crippen LogP contribution >= 0.6 is 0 Å². The summed E-state index contributed by atoms with van der Waals surface area (Å²) in [6, 6.07) is 7.10. The number of aryl methyl sites for hydroxylation is 1. The predicted octanol–water partition coefficient (Wildman–Crippen LogP) is 0.670. The molecular weight excluding hydrogens is 206 g/mol. The Hall–Kier alpha value is -2.37. The van der Waals surface area contributed by atoms with Crippen molar-refractivity contribution in [1.82, 2.24) is 14.8 Å². The Bertz CT molecular complexity index is 532. The van der Waals surface area contributed by atoms with Gasteiger partial charge in [0, 0.05) is 6.20 Å². The van der Waals surface area contributed by atoms with E-state index in [4.69, 9.17) is 10.9 Å². The Morgan fingerprint density at radius 2 is 2.25 bits per heavy atom. The summed E-state index contributed by atoms with van der Waals surface area (Å²) in [5.74, 6) is 0.600. The zero-order chi connectivity index (χ0) is 11.5. The third-order valence-electron chi connectivity index (χ3n) is 2.06. The van der Waals surface area contributed by atoms with Crippen LogP contribution in [0.2, 0.25) is 0 Å². The number of nitrogens with zero attached hydrogens (tertiary/aromatic N) is 4. The van der Waals surface area contributed by atoms with Crippen molar-refractivity contribution in [3.05, 3.63) is 41.9 Å². The number of hydrogen-bond acceptors (Lipinski definition) is 4. The highest BCUT2D eigenvalue weighted by Crippen LogP contribution is 2.05. The molecule has 0 bridgehead atoms. The summed E-state index contributed by atoms with van der Waals surface area (Å²) in [4.78, 5) is 4.21. The maximum atomic E-state index is 8.55. The van der Waals surface area contributed by atoms with Gasteiger partial charge in [-0.15, -0.1) is 0 Å². The Kier molecular flexibility index (Phi) is 2.55. The van der Waals surface area contributed by atoms with Gasteiger partial charge in [-0.25, -0.2) is 9.67 Å². The first kappa shape index (κ1) is 10.2. The molecule has 0 unspecified atom stereocenters. The standard InChI is InChI=1S/C10H11N5O/c1-7-5-6-15(13-7)9-4-2-3-8(12-9)10(11)14-16/h2-6,16H,1H3,(H2,11,14). The molecule has 0 radical (unpaired) electrons. The largest absolute Gasteiger partial charge is 0.409 e. The van der Waals surface area contributed by atoms with E-state index in [0.29, 0.717) is 11.5 Å². The molecule has 0 saturated carbocycles. The summed E-state index contributed by atoms with van der Waals surface area (Å²) < 4.78 is 1.63. The molecule has 0 fully saturated rings. The van der Waals surface area contributed by atoms with E-state index in [9.17, 15) is 0 Å². The Morgan fingerprint density at radius 1 is 1.44 bits per heavy atom. The second-order valence-corrected chi connectivity index (χ2v) is 3.27. The molecule has 3 N–H and O–H groups in total. The molecule has 0 spiro atoms.